The molecule has 1 aliphatic rings. The Bertz CT molecular complexity index is 1200. The van der Waals surface area contributed by atoms with Crippen LogP contribution in [0.25, 0.3) is 10.8 Å². The number of anilines is 3. The zero-order chi connectivity index (χ0) is 20.4. The molecule has 0 aromatic carbocycles. The molecule has 1 aliphatic heterocycles. The molecule has 4 rings (SSSR count). The summed E-state index contributed by atoms with van der Waals surface area (Å²) in [5.74, 6) is 1.33. The van der Waals surface area contributed by atoms with Gasteiger partial charge in [0.15, 0.2) is 9.84 Å². The molecule has 1 unspecified atom stereocenters. The molecule has 11 heteroatoms. The summed E-state index contributed by atoms with van der Waals surface area (Å²) in [5.41, 5.74) is -0.307. The van der Waals surface area contributed by atoms with Crippen molar-refractivity contribution in [3.8, 4) is 0 Å². The summed E-state index contributed by atoms with van der Waals surface area (Å²) < 4.78 is 25.1. The average Bonchev–Trinajstić information content (AvgIpc) is 3.03. The number of nitrogens with zero attached hydrogens (tertiary/aromatic N) is 4. The number of aliphatic hydroxyl groups excluding tert-OH is 1. The van der Waals surface area contributed by atoms with E-state index in [2.05, 4.69) is 25.6 Å². The number of aromatic nitrogens is 4. The van der Waals surface area contributed by atoms with Crippen LogP contribution in [0.2, 0.25) is 0 Å². The number of pyridine rings is 2. The fourth-order valence-electron chi connectivity index (χ4n) is 3.35. The SMILES string of the molecule is O=c1c2c(NC3CCS(=O)(=O)C3)nc(Nc3cnccn3)cc2ccn1CCO. The molecule has 0 amide bonds. The Labute approximate surface area is 166 Å². The molecule has 3 N–H and O–H groups in total. The maximum atomic E-state index is 12.9. The molecule has 0 saturated carbocycles. The topological polar surface area (TPSA) is 139 Å². The number of aliphatic hydroxyl groups is 1. The van der Waals surface area contributed by atoms with E-state index in [1.165, 1.54) is 4.57 Å². The number of fused-ring (bicyclic) bond motifs is 1. The van der Waals surface area contributed by atoms with Gasteiger partial charge in [-0.25, -0.2) is 18.4 Å². The lowest BCUT2D eigenvalue weighted by Gasteiger charge is -2.16. The molecule has 3 aromatic heterocycles. The monoisotopic (exact) mass is 416 g/mol. The molecule has 10 nitrogen and oxygen atoms in total. The molecule has 4 heterocycles. The van der Waals surface area contributed by atoms with E-state index in [9.17, 15) is 18.3 Å². The van der Waals surface area contributed by atoms with Crippen molar-refractivity contribution in [2.24, 2.45) is 0 Å². The second-order valence-electron chi connectivity index (χ2n) is 6.82. The standard InChI is InChI=1S/C18H20N6O4S/c25-7-6-24-5-1-12-9-14(22-15-10-19-3-4-20-15)23-17(16(12)18(24)26)21-13-2-8-29(27,28)11-13/h1,3-5,9-10,13,25H,2,6-8,11H2,(H2,20,21,22,23). The quantitative estimate of drug-likeness (QED) is 0.525. The maximum absolute atomic E-state index is 12.9. The van der Waals surface area contributed by atoms with Crippen LogP contribution in [-0.4, -0.2) is 57.2 Å². The summed E-state index contributed by atoms with van der Waals surface area (Å²) in [6.45, 7) is -0.0135. The van der Waals surface area contributed by atoms with Gasteiger partial charge in [0, 0.05) is 31.2 Å². The van der Waals surface area contributed by atoms with E-state index in [0.717, 1.165) is 0 Å². The highest BCUT2D eigenvalue weighted by Crippen LogP contribution is 2.26. The third-order valence-corrected chi connectivity index (χ3v) is 6.46. The predicted molar refractivity (Wildman–Crippen MR) is 109 cm³/mol. The molecule has 0 bridgehead atoms. The van der Waals surface area contributed by atoms with Crippen LogP contribution < -0.4 is 16.2 Å². The van der Waals surface area contributed by atoms with E-state index in [4.69, 9.17) is 0 Å². The Morgan fingerprint density at radius 1 is 1.28 bits per heavy atom. The molecule has 3 aromatic rings. The largest absolute Gasteiger partial charge is 0.395 e. The summed E-state index contributed by atoms with van der Waals surface area (Å²) >= 11 is 0. The lowest BCUT2D eigenvalue weighted by Crippen LogP contribution is -2.26. The summed E-state index contributed by atoms with van der Waals surface area (Å²) in [5, 5.41) is 16.4. The molecule has 0 radical (unpaired) electrons. The Balaban J connectivity index is 1.79. The summed E-state index contributed by atoms with van der Waals surface area (Å²) in [7, 11) is -3.09. The van der Waals surface area contributed by atoms with Crippen molar-refractivity contribution < 1.29 is 13.5 Å². The maximum Gasteiger partial charge on any atom is 0.262 e. The summed E-state index contributed by atoms with van der Waals surface area (Å²) in [6.07, 6.45) is 6.69. The van der Waals surface area contributed by atoms with Gasteiger partial charge in [0.1, 0.15) is 17.5 Å². The fourth-order valence-corrected chi connectivity index (χ4v) is 5.03. The molecule has 1 saturated heterocycles. The third-order valence-electron chi connectivity index (χ3n) is 4.69. The molecule has 1 atom stereocenters. The van der Waals surface area contributed by atoms with E-state index >= 15 is 0 Å². The summed E-state index contributed by atoms with van der Waals surface area (Å²) in [6, 6.07) is 3.14. The highest BCUT2D eigenvalue weighted by molar-refractivity contribution is 7.91. The second kappa shape index (κ2) is 7.76. The minimum absolute atomic E-state index is 0.00431. The van der Waals surface area contributed by atoms with Gasteiger partial charge < -0.3 is 20.3 Å². The van der Waals surface area contributed by atoms with Crippen molar-refractivity contribution in [1.82, 2.24) is 19.5 Å². The smallest absolute Gasteiger partial charge is 0.262 e. The highest BCUT2D eigenvalue weighted by Gasteiger charge is 2.28. The fraction of sp³-hybridized carbons (Fsp3) is 0.333. The highest BCUT2D eigenvalue weighted by atomic mass is 32.2. The second-order valence-corrected chi connectivity index (χ2v) is 9.05. The third kappa shape index (κ3) is 4.20. The molecular formula is C18H20N6O4S. The van der Waals surface area contributed by atoms with Crippen LogP contribution in [0.3, 0.4) is 0 Å². The predicted octanol–water partition coefficient (Wildman–Crippen LogP) is 0.521. The van der Waals surface area contributed by atoms with Gasteiger partial charge in [-0.2, -0.15) is 0 Å². The van der Waals surface area contributed by atoms with Crippen LogP contribution in [0.4, 0.5) is 17.5 Å². The summed E-state index contributed by atoms with van der Waals surface area (Å²) in [4.78, 5) is 25.6. The first-order valence-electron chi connectivity index (χ1n) is 9.10. The average molecular weight is 416 g/mol. The van der Waals surface area contributed by atoms with Crippen molar-refractivity contribution in [3.05, 3.63) is 47.3 Å². The normalized spacial score (nSPS) is 18.0. The molecule has 29 heavy (non-hydrogen) atoms. The van der Waals surface area contributed by atoms with Gasteiger partial charge in [-0.1, -0.05) is 0 Å². The van der Waals surface area contributed by atoms with E-state index in [0.29, 0.717) is 34.6 Å². The Morgan fingerprint density at radius 3 is 2.83 bits per heavy atom. The lowest BCUT2D eigenvalue weighted by molar-refractivity contribution is 0.274. The van der Waals surface area contributed by atoms with Crippen LogP contribution in [-0.2, 0) is 16.4 Å². The molecule has 152 valence electrons. The Hall–Kier alpha value is -3.05. The van der Waals surface area contributed by atoms with E-state index in [1.54, 1.807) is 36.9 Å². The molecule has 0 spiro atoms. The molecule has 0 aliphatic carbocycles. The van der Waals surface area contributed by atoms with Gasteiger partial charge in [-0.05, 0) is 23.9 Å². The van der Waals surface area contributed by atoms with Crippen molar-refractivity contribution in [2.45, 2.75) is 19.0 Å². The van der Waals surface area contributed by atoms with Gasteiger partial charge >= 0.3 is 0 Å². The Morgan fingerprint density at radius 2 is 2.14 bits per heavy atom. The first-order valence-corrected chi connectivity index (χ1v) is 10.9. The van der Waals surface area contributed by atoms with Crippen molar-refractivity contribution in [1.29, 1.82) is 0 Å². The van der Waals surface area contributed by atoms with Crippen molar-refractivity contribution >= 4 is 38.1 Å². The number of rotatable bonds is 6. The number of hydrogen-bond donors (Lipinski definition) is 3. The number of hydrogen-bond acceptors (Lipinski definition) is 9. The minimum atomic E-state index is -3.09. The molecular weight excluding hydrogens is 396 g/mol. The van der Waals surface area contributed by atoms with Crippen LogP contribution >= 0.6 is 0 Å². The minimum Gasteiger partial charge on any atom is -0.395 e. The van der Waals surface area contributed by atoms with E-state index in [-0.39, 0.29) is 36.3 Å². The first-order chi connectivity index (χ1) is 13.9. The van der Waals surface area contributed by atoms with Gasteiger partial charge in [0.2, 0.25) is 0 Å². The number of nitrogens with one attached hydrogen (secondary N) is 2. The van der Waals surface area contributed by atoms with Crippen LogP contribution in [0.1, 0.15) is 6.42 Å². The van der Waals surface area contributed by atoms with Gasteiger partial charge in [-0.15, -0.1) is 0 Å². The van der Waals surface area contributed by atoms with E-state index in [1.807, 2.05) is 0 Å². The van der Waals surface area contributed by atoms with Crippen LogP contribution in [0.5, 0.6) is 0 Å². The molecule has 1 fully saturated rings. The zero-order valence-electron chi connectivity index (χ0n) is 15.4. The number of sulfone groups is 1. The van der Waals surface area contributed by atoms with Gasteiger partial charge in [-0.3, -0.25) is 9.78 Å². The van der Waals surface area contributed by atoms with Crippen LogP contribution in [0.15, 0.2) is 41.7 Å². The lowest BCUT2D eigenvalue weighted by atomic mass is 10.1. The Kier molecular flexibility index (Phi) is 5.16. The first kappa shape index (κ1) is 19.3. The van der Waals surface area contributed by atoms with Crippen molar-refractivity contribution in [3.63, 3.8) is 0 Å². The van der Waals surface area contributed by atoms with E-state index < -0.39 is 9.84 Å². The van der Waals surface area contributed by atoms with Crippen LogP contribution in [0, 0.1) is 0 Å². The van der Waals surface area contributed by atoms with Crippen molar-refractivity contribution in [2.75, 3.05) is 28.7 Å². The zero-order valence-corrected chi connectivity index (χ0v) is 16.3. The van der Waals surface area contributed by atoms with Gasteiger partial charge in [0.25, 0.3) is 5.56 Å². The van der Waals surface area contributed by atoms with Gasteiger partial charge in [0.05, 0.1) is 29.7 Å².